The lowest BCUT2D eigenvalue weighted by Crippen LogP contribution is -2.44. The first-order chi connectivity index (χ1) is 17.4. The first-order valence-electron chi connectivity index (χ1n) is 12.8. The fraction of sp³-hybridized carbons (Fsp3) is 0.355. The van der Waals surface area contributed by atoms with Crippen LogP contribution in [0.3, 0.4) is 0 Å². The van der Waals surface area contributed by atoms with Crippen molar-refractivity contribution < 1.29 is 14.3 Å². The maximum atomic E-state index is 13.1. The Balaban J connectivity index is 1.52. The van der Waals surface area contributed by atoms with Gasteiger partial charge in [0.2, 0.25) is 5.91 Å². The topological polar surface area (TPSA) is 58.6 Å². The Kier molecular flexibility index (Phi) is 10.6. The molecule has 5 heteroatoms. The first kappa shape index (κ1) is 27.0. The molecular formula is C31H38N2O3. The molecule has 3 aromatic carbocycles. The Morgan fingerprint density at radius 2 is 1.47 bits per heavy atom. The Morgan fingerprint density at radius 1 is 0.833 bits per heavy atom. The minimum atomic E-state index is -0.525. The van der Waals surface area contributed by atoms with Crippen molar-refractivity contribution in [1.29, 1.82) is 0 Å². The van der Waals surface area contributed by atoms with Gasteiger partial charge in [0.15, 0.2) is 5.78 Å². The summed E-state index contributed by atoms with van der Waals surface area (Å²) >= 11 is 0. The summed E-state index contributed by atoms with van der Waals surface area (Å²) in [6.45, 7) is 5.07. The van der Waals surface area contributed by atoms with E-state index < -0.39 is 6.04 Å². The van der Waals surface area contributed by atoms with Gasteiger partial charge in [-0.3, -0.25) is 9.59 Å². The summed E-state index contributed by atoms with van der Waals surface area (Å²) in [5.41, 5.74) is 3.27. The van der Waals surface area contributed by atoms with E-state index >= 15 is 0 Å². The lowest BCUT2D eigenvalue weighted by Gasteiger charge is -2.21. The zero-order valence-electron chi connectivity index (χ0n) is 21.7. The molecule has 0 radical (unpaired) electrons. The molecule has 0 aliphatic carbocycles. The van der Waals surface area contributed by atoms with Crippen LogP contribution in [0.4, 0.5) is 5.69 Å². The van der Waals surface area contributed by atoms with E-state index in [9.17, 15) is 9.59 Å². The molecule has 0 aromatic heterocycles. The van der Waals surface area contributed by atoms with Gasteiger partial charge >= 0.3 is 0 Å². The third-order valence-electron chi connectivity index (χ3n) is 6.20. The first-order valence-corrected chi connectivity index (χ1v) is 12.8. The van der Waals surface area contributed by atoms with E-state index in [1.54, 1.807) is 0 Å². The van der Waals surface area contributed by atoms with Crippen LogP contribution in [-0.4, -0.2) is 31.3 Å². The van der Waals surface area contributed by atoms with Crippen LogP contribution in [0.1, 0.15) is 44.2 Å². The van der Waals surface area contributed by atoms with E-state index in [0.29, 0.717) is 19.4 Å². The van der Waals surface area contributed by atoms with Gasteiger partial charge in [-0.15, -0.1) is 0 Å². The molecule has 0 bridgehead atoms. The molecule has 1 atom stereocenters. The van der Waals surface area contributed by atoms with Crippen molar-refractivity contribution in [2.45, 2.75) is 52.2 Å². The standard InChI is InChI=1S/C31H38N2O3/c1-24(2)31(35)32-29(30(34)16-10-11-21-33(3)27-14-8-5-9-15-27)22-25-17-19-28(20-18-25)36-23-26-12-6-4-7-13-26/h4-9,12-15,17-20,24,29H,10-11,16,21-23H2,1-3H3,(H,32,35). The number of unbranched alkanes of at least 4 members (excludes halogenated alkanes) is 1. The molecule has 0 saturated heterocycles. The van der Waals surface area contributed by atoms with Crippen molar-refractivity contribution in [3.05, 3.63) is 96.1 Å². The van der Waals surface area contributed by atoms with E-state index in [-0.39, 0.29) is 17.6 Å². The molecular weight excluding hydrogens is 448 g/mol. The largest absolute Gasteiger partial charge is 0.489 e. The number of ether oxygens (including phenoxy) is 1. The zero-order valence-corrected chi connectivity index (χ0v) is 21.7. The van der Waals surface area contributed by atoms with Crippen LogP contribution in [0.15, 0.2) is 84.9 Å². The van der Waals surface area contributed by atoms with E-state index in [1.165, 1.54) is 5.69 Å². The summed E-state index contributed by atoms with van der Waals surface area (Å²) < 4.78 is 5.87. The Labute approximate surface area is 215 Å². The highest BCUT2D eigenvalue weighted by molar-refractivity contribution is 5.89. The van der Waals surface area contributed by atoms with Crippen molar-refractivity contribution in [2.24, 2.45) is 5.92 Å². The molecule has 1 unspecified atom stereocenters. The molecule has 1 N–H and O–H groups in total. The van der Waals surface area contributed by atoms with Crippen LogP contribution in [0.2, 0.25) is 0 Å². The second-order valence-electron chi connectivity index (χ2n) is 9.52. The number of carbonyl (C=O) groups is 2. The summed E-state index contributed by atoms with van der Waals surface area (Å²) in [6, 6.07) is 27.5. The monoisotopic (exact) mass is 486 g/mol. The highest BCUT2D eigenvalue weighted by atomic mass is 16.5. The molecule has 0 heterocycles. The lowest BCUT2D eigenvalue weighted by molar-refractivity contribution is -0.129. The second kappa shape index (κ2) is 14.1. The van der Waals surface area contributed by atoms with Gasteiger partial charge in [0, 0.05) is 31.6 Å². The molecule has 3 aromatic rings. The van der Waals surface area contributed by atoms with Gasteiger partial charge in [0.25, 0.3) is 0 Å². The fourth-order valence-corrected chi connectivity index (χ4v) is 3.92. The van der Waals surface area contributed by atoms with Gasteiger partial charge in [-0.1, -0.05) is 74.5 Å². The average Bonchev–Trinajstić information content (AvgIpc) is 2.91. The Hall–Kier alpha value is -3.60. The lowest BCUT2D eigenvalue weighted by atomic mass is 9.98. The number of Topliss-reactive ketones (excluding diaryl/α,β-unsaturated/α-hetero) is 1. The number of hydrogen-bond acceptors (Lipinski definition) is 4. The highest BCUT2D eigenvalue weighted by Crippen LogP contribution is 2.17. The molecule has 36 heavy (non-hydrogen) atoms. The maximum Gasteiger partial charge on any atom is 0.223 e. The number of nitrogens with one attached hydrogen (secondary N) is 1. The van der Waals surface area contributed by atoms with Gasteiger partial charge in [0.1, 0.15) is 12.4 Å². The Bertz CT molecular complexity index is 1070. The third-order valence-corrected chi connectivity index (χ3v) is 6.20. The van der Waals surface area contributed by atoms with Crippen LogP contribution < -0.4 is 15.0 Å². The van der Waals surface area contributed by atoms with E-state index in [1.807, 2.05) is 86.6 Å². The third kappa shape index (κ3) is 8.88. The summed E-state index contributed by atoms with van der Waals surface area (Å²) in [6.07, 6.45) is 2.62. The molecule has 0 fully saturated rings. The number of anilines is 1. The average molecular weight is 487 g/mol. The van der Waals surface area contributed by atoms with E-state index in [4.69, 9.17) is 4.74 Å². The normalized spacial score (nSPS) is 11.7. The number of carbonyl (C=O) groups excluding carboxylic acids is 2. The number of nitrogens with zero attached hydrogens (tertiary/aromatic N) is 1. The van der Waals surface area contributed by atoms with Crippen LogP contribution in [-0.2, 0) is 22.6 Å². The van der Waals surface area contributed by atoms with Crippen LogP contribution >= 0.6 is 0 Å². The number of rotatable bonds is 14. The van der Waals surface area contributed by atoms with Crippen LogP contribution in [0.5, 0.6) is 5.75 Å². The molecule has 0 saturated carbocycles. The van der Waals surface area contributed by atoms with Crippen molar-refractivity contribution >= 4 is 17.4 Å². The van der Waals surface area contributed by atoms with Crippen molar-refractivity contribution in [3.8, 4) is 5.75 Å². The summed E-state index contributed by atoms with van der Waals surface area (Å²) in [5, 5.41) is 2.97. The number of hydrogen-bond donors (Lipinski definition) is 1. The van der Waals surface area contributed by atoms with Gasteiger partial charge in [-0.2, -0.15) is 0 Å². The predicted molar refractivity (Wildman–Crippen MR) is 146 cm³/mol. The number of ketones is 1. The number of amides is 1. The minimum absolute atomic E-state index is 0.0794. The minimum Gasteiger partial charge on any atom is -0.489 e. The second-order valence-corrected chi connectivity index (χ2v) is 9.52. The molecule has 190 valence electrons. The SMILES string of the molecule is CC(C)C(=O)NC(Cc1ccc(OCc2ccccc2)cc1)C(=O)CCCCN(C)c1ccccc1. The van der Waals surface area contributed by atoms with Gasteiger partial charge in [-0.25, -0.2) is 0 Å². The Morgan fingerprint density at radius 3 is 2.11 bits per heavy atom. The summed E-state index contributed by atoms with van der Waals surface area (Å²) in [7, 11) is 2.07. The number of benzene rings is 3. The van der Waals surface area contributed by atoms with Crippen LogP contribution in [0.25, 0.3) is 0 Å². The maximum absolute atomic E-state index is 13.1. The van der Waals surface area contributed by atoms with Gasteiger partial charge in [0.05, 0.1) is 6.04 Å². The number of para-hydroxylation sites is 1. The quantitative estimate of drug-likeness (QED) is 0.292. The zero-order chi connectivity index (χ0) is 25.8. The van der Waals surface area contributed by atoms with E-state index in [0.717, 1.165) is 36.3 Å². The van der Waals surface area contributed by atoms with Crippen molar-refractivity contribution in [2.75, 3.05) is 18.5 Å². The molecule has 0 aliphatic heterocycles. The smallest absolute Gasteiger partial charge is 0.223 e. The predicted octanol–water partition coefficient (Wildman–Crippen LogP) is 5.82. The molecule has 1 amide bonds. The van der Waals surface area contributed by atoms with Crippen molar-refractivity contribution in [3.63, 3.8) is 0 Å². The van der Waals surface area contributed by atoms with Crippen molar-refractivity contribution in [1.82, 2.24) is 5.32 Å². The van der Waals surface area contributed by atoms with Gasteiger partial charge < -0.3 is 15.0 Å². The molecule has 0 spiro atoms. The van der Waals surface area contributed by atoms with E-state index in [2.05, 4.69) is 29.4 Å². The van der Waals surface area contributed by atoms with Gasteiger partial charge in [-0.05, 0) is 54.7 Å². The fourth-order valence-electron chi connectivity index (χ4n) is 3.92. The molecule has 3 rings (SSSR count). The summed E-state index contributed by atoms with van der Waals surface area (Å²) in [5.74, 6) is 0.587. The summed E-state index contributed by atoms with van der Waals surface area (Å²) in [4.78, 5) is 27.7. The molecule has 5 nitrogen and oxygen atoms in total. The molecule has 0 aliphatic rings. The highest BCUT2D eigenvalue weighted by Gasteiger charge is 2.22. The van der Waals surface area contributed by atoms with Crippen LogP contribution in [0, 0.1) is 5.92 Å².